The maximum atomic E-state index is 13.5. The van der Waals surface area contributed by atoms with Crippen LogP contribution in [0, 0.1) is 5.92 Å². The van der Waals surface area contributed by atoms with Crippen molar-refractivity contribution in [2.45, 2.75) is 51.8 Å². The van der Waals surface area contributed by atoms with Crippen LogP contribution in [0.15, 0.2) is 64.8 Å². The summed E-state index contributed by atoms with van der Waals surface area (Å²) in [6.45, 7) is 11.6. The van der Waals surface area contributed by atoms with Gasteiger partial charge in [-0.1, -0.05) is 55.9 Å². The quantitative estimate of drug-likeness (QED) is 0.209. The topological polar surface area (TPSA) is 142 Å². The van der Waals surface area contributed by atoms with Crippen molar-refractivity contribution in [2.75, 3.05) is 7.05 Å². The van der Waals surface area contributed by atoms with E-state index in [0.29, 0.717) is 16.2 Å². The van der Waals surface area contributed by atoms with Crippen LogP contribution >= 0.6 is 11.5 Å². The highest BCUT2D eigenvalue weighted by atomic mass is 32.1. The molecule has 0 spiro atoms. The normalized spacial score (nSPS) is 17.6. The molecule has 1 amide bonds. The molecule has 0 bridgehead atoms. The van der Waals surface area contributed by atoms with Crippen LogP contribution in [-0.2, 0) is 16.1 Å². The number of nitrogens with one attached hydrogen (secondary N) is 1. The molecule has 1 aromatic carbocycles. The molecule has 1 fully saturated rings. The minimum atomic E-state index is -0.935. The van der Waals surface area contributed by atoms with Gasteiger partial charge in [-0.15, -0.1) is 0 Å². The number of nitrogens with zero attached hydrogens (tertiary/aromatic N) is 5. The Hall–Kier alpha value is -4.19. The van der Waals surface area contributed by atoms with Crippen LogP contribution in [0.25, 0.3) is 0 Å². The smallest absolute Gasteiger partial charge is 0.277 e. The molecule has 1 saturated heterocycles. The zero-order valence-electron chi connectivity index (χ0n) is 22.5. The van der Waals surface area contributed by atoms with Crippen LogP contribution in [0.2, 0.25) is 0 Å². The Kier molecular flexibility index (Phi) is 7.77. The first-order valence-electron chi connectivity index (χ1n) is 12.4. The van der Waals surface area contributed by atoms with Gasteiger partial charge >= 0.3 is 0 Å². The number of amides is 1. The van der Waals surface area contributed by atoms with Crippen molar-refractivity contribution in [1.82, 2.24) is 24.3 Å². The number of rotatable bonds is 9. The Morgan fingerprint density at radius 1 is 1.31 bits per heavy atom. The molecule has 11 nitrogen and oxygen atoms in total. The maximum absolute atomic E-state index is 13.5. The number of likely N-dealkylation sites (tertiary alicyclic amines) is 1. The first kappa shape index (κ1) is 27.8. The zero-order valence-corrected chi connectivity index (χ0v) is 23.3. The molecule has 12 heteroatoms. The van der Waals surface area contributed by atoms with E-state index in [2.05, 4.69) is 26.4 Å². The van der Waals surface area contributed by atoms with Crippen LogP contribution in [0.5, 0.6) is 5.75 Å². The molecule has 1 aliphatic heterocycles. The molecule has 2 unspecified atom stereocenters. The molecular formula is C27H32N6O5S. The number of likely N-dealkylation sites (N-methyl/N-ethyl adjacent to an activating group) is 1. The molecule has 39 heavy (non-hydrogen) atoms. The Balaban J connectivity index is 1.67. The largest absolute Gasteiger partial charge is 0.503 e. The summed E-state index contributed by atoms with van der Waals surface area (Å²) in [5.74, 6) is -1.36. The van der Waals surface area contributed by atoms with E-state index in [1.807, 2.05) is 56.1 Å². The van der Waals surface area contributed by atoms with E-state index in [1.165, 1.54) is 0 Å². The molecule has 0 radical (unpaired) electrons. The van der Waals surface area contributed by atoms with Crippen molar-refractivity contribution in [1.29, 1.82) is 0 Å². The van der Waals surface area contributed by atoms with Crippen LogP contribution in [0.3, 0.4) is 0 Å². The lowest BCUT2D eigenvalue weighted by Gasteiger charge is -2.56. The lowest BCUT2D eigenvalue weighted by Crippen LogP contribution is -2.69. The average Bonchev–Trinajstić information content (AvgIpc) is 3.35. The molecule has 1 aliphatic rings. The highest BCUT2D eigenvalue weighted by Gasteiger charge is 2.48. The van der Waals surface area contributed by atoms with Crippen molar-refractivity contribution in [2.24, 2.45) is 11.1 Å². The summed E-state index contributed by atoms with van der Waals surface area (Å²) >= 11 is 1.16. The Morgan fingerprint density at radius 3 is 2.64 bits per heavy atom. The second-order valence-corrected chi connectivity index (χ2v) is 11.1. The number of carbonyl (C=O) groups is 1. The fourth-order valence-corrected chi connectivity index (χ4v) is 4.98. The number of carbonyl (C=O) groups excluding carboxylic acids is 1. The van der Waals surface area contributed by atoms with Crippen molar-refractivity contribution in [3.63, 3.8) is 0 Å². The predicted molar refractivity (Wildman–Crippen MR) is 147 cm³/mol. The molecular weight excluding hydrogens is 520 g/mol. The van der Waals surface area contributed by atoms with Gasteiger partial charge in [-0.2, -0.15) is 9.10 Å². The number of pyridine rings is 1. The van der Waals surface area contributed by atoms with Crippen molar-refractivity contribution < 1.29 is 19.9 Å². The summed E-state index contributed by atoms with van der Waals surface area (Å²) in [6.07, 6.45) is 0.478. The standard InChI is InChI=1S/C27H32N6O5S/c1-15(2)23(18-13-19(34)20(35)14-33(18)37)38-30-22(26(36)29-24-16(3)32(6)27(24,4)5)25-28-21(39-31-25)12-17-10-8-7-9-11-17/h7-11,13-15,23-24,35,37H,3,12H2,1-2,4-6H3,(H,29,36)/b30-22-. The van der Waals surface area contributed by atoms with E-state index in [4.69, 9.17) is 4.84 Å². The average molecular weight is 553 g/mol. The van der Waals surface area contributed by atoms with Gasteiger partial charge in [0.25, 0.3) is 5.91 Å². The summed E-state index contributed by atoms with van der Waals surface area (Å²) in [4.78, 5) is 37.9. The molecule has 3 N–H and O–H groups in total. The van der Waals surface area contributed by atoms with Crippen LogP contribution in [-0.4, -0.2) is 59.5 Å². The van der Waals surface area contributed by atoms with Crippen LogP contribution in [0.1, 0.15) is 55.9 Å². The van der Waals surface area contributed by atoms with Gasteiger partial charge in [0.05, 0.1) is 17.8 Å². The second-order valence-electron chi connectivity index (χ2n) is 10.3. The van der Waals surface area contributed by atoms with Gasteiger partial charge in [-0.25, -0.2) is 4.98 Å². The fourth-order valence-electron chi connectivity index (χ4n) is 4.30. The van der Waals surface area contributed by atoms with Gasteiger partial charge in [-0.3, -0.25) is 9.59 Å². The third-order valence-electron chi connectivity index (χ3n) is 6.90. The number of aromatic nitrogens is 3. The summed E-state index contributed by atoms with van der Waals surface area (Å²) in [6, 6.07) is 10.5. The predicted octanol–water partition coefficient (Wildman–Crippen LogP) is 3.07. The number of benzene rings is 1. The van der Waals surface area contributed by atoms with Gasteiger partial charge in [0.15, 0.2) is 11.9 Å². The third kappa shape index (κ3) is 5.65. The number of aromatic hydroxyl groups is 1. The minimum absolute atomic E-state index is 0.0578. The molecule has 2 aromatic heterocycles. The van der Waals surface area contributed by atoms with Gasteiger partial charge in [-0.05, 0) is 36.9 Å². The van der Waals surface area contributed by atoms with E-state index in [0.717, 1.165) is 35.1 Å². The third-order valence-corrected chi connectivity index (χ3v) is 7.61. The highest BCUT2D eigenvalue weighted by molar-refractivity contribution is 7.05. The SMILES string of the molecule is C=C1C(NC(=O)/C(=N\OC(c2cc(=O)c(O)cn2O)C(C)C)c2nsc(Cc3ccccc3)n2)C(C)(C)N1C. The van der Waals surface area contributed by atoms with Gasteiger partial charge < -0.3 is 25.4 Å². The first-order valence-corrected chi connectivity index (χ1v) is 13.2. The molecule has 206 valence electrons. The molecule has 4 rings (SSSR count). The number of hydrogen-bond acceptors (Lipinski definition) is 10. The van der Waals surface area contributed by atoms with Gasteiger partial charge in [0, 0.05) is 25.2 Å². The van der Waals surface area contributed by atoms with E-state index in [1.54, 1.807) is 13.8 Å². The fraction of sp³-hybridized carbons (Fsp3) is 0.370. The molecule has 3 heterocycles. The maximum Gasteiger partial charge on any atom is 0.277 e. The van der Waals surface area contributed by atoms with E-state index in [-0.39, 0.29) is 34.7 Å². The van der Waals surface area contributed by atoms with E-state index >= 15 is 0 Å². The summed E-state index contributed by atoms with van der Waals surface area (Å²) < 4.78 is 4.99. The van der Waals surface area contributed by atoms with E-state index < -0.39 is 23.2 Å². The Labute approximate surface area is 230 Å². The monoisotopic (exact) mass is 552 g/mol. The molecule has 0 saturated carbocycles. The summed E-state index contributed by atoms with van der Waals surface area (Å²) in [5.41, 5.74) is 0.642. The minimum Gasteiger partial charge on any atom is -0.503 e. The lowest BCUT2D eigenvalue weighted by atomic mass is 9.80. The van der Waals surface area contributed by atoms with Crippen molar-refractivity contribution >= 4 is 23.2 Å². The number of oxime groups is 1. The van der Waals surface area contributed by atoms with Crippen LogP contribution in [0.4, 0.5) is 0 Å². The van der Waals surface area contributed by atoms with Gasteiger partial charge in [0.1, 0.15) is 10.7 Å². The zero-order chi connectivity index (χ0) is 28.5. The van der Waals surface area contributed by atoms with Crippen LogP contribution < -0.4 is 10.7 Å². The Bertz CT molecular complexity index is 1460. The summed E-state index contributed by atoms with van der Waals surface area (Å²) in [5, 5.41) is 27.8. The van der Waals surface area contributed by atoms with Crippen molar-refractivity contribution in [3.8, 4) is 5.75 Å². The van der Waals surface area contributed by atoms with E-state index in [9.17, 15) is 19.9 Å². The molecule has 3 aromatic rings. The first-order chi connectivity index (χ1) is 18.4. The highest BCUT2D eigenvalue weighted by Crippen LogP contribution is 2.36. The molecule has 0 aliphatic carbocycles. The second kappa shape index (κ2) is 10.9. The van der Waals surface area contributed by atoms with Gasteiger partial charge in [0.2, 0.25) is 17.0 Å². The lowest BCUT2D eigenvalue weighted by molar-refractivity contribution is -0.117. The Morgan fingerprint density at radius 2 is 2.00 bits per heavy atom. The molecule has 2 atom stereocenters. The van der Waals surface area contributed by atoms with Crippen molar-refractivity contribution in [3.05, 3.63) is 87.2 Å². The summed E-state index contributed by atoms with van der Waals surface area (Å²) in [7, 11) is 1.90. The number of hydrogen-bond donors (Lipinski definition) is 3.